The molecule has 0 aliphatic heterocycles. The highest BCUT2D eigenvalue weighted by Crippen LogP contribution is 2.49. The number of nitrogens with zero attached hydrogens (tertiary/aromatic N) is 10. The first-order chi connectivity index (χ1) is 42.6. The zero-order valence-electron chi connectivity index (χ0n) is 43.9. The van der Waals surface area contributed by atoms with Crippen molar-refractivity contribution in [2.45, 2.75) is 19.6 Å². The number of carboxylic acid groups (broad SMARTS) is 4. The smallest absolute Gasteiger partial charge is 0.335 e. The van der Waals surface area contributed by atoms with E-state index in [-0.39, 0.29) is 101 Å². The maximum atomic E-state index is 12.6. The summed E-state index contributed by atoms with van der Waals surface area (Å²) in [6.07, 6.45) is 0. The zero-order chi connectivity index (χ0) is 64.9. The number of aromatic nitrogens is 6. The van der Waals surface area contributed by atoms with Crippen LogP contribution in [0.5, 0.6) is 11.5 Å². The van der Waals surface area contributed by atoms with Gasteiger partial charge in [-0.15, -0.1) is 18.9 Å². The first-order valence-corrected chi connectivity index (χ1v) is 28.2. The summed E-state index contributed by atoms with van der Waals surface area (Å²) in [7, 11) is -10.0. The number of nitrogens with one attached hydrogen (secondary N) is 4. The van der Waals surface area contributed by atoms with Crippen LogP contribution in [0.25, 0.3) is 21.5 Å². The van der Waals surface area contributed by atoms with E-state index in [4.69, 9.17) is 22.0 Å². The summed E-state index contributed by atoms with van der Waals surface area (Å²) in [6.45, 7) is 0. The Balaban J connectivity index is 0.998. The molecule has 9 aromatic rings. The molecule has 0 atom stereocenters. The molecule has 0 bridgehead atoms. The Morgan fingerprint density at radius 2 is 0.778 bits per heavy atom. The number of rotatable bonds is 24. The molecular weight excluding hydrogens is 1280 g/mol. The van der Waals surface area contributed by atoms with E-state index >= 15 is 0 Å². The van der Waals surface area contributed by atoms with Crippen LogP contribution in [0.1, 0.15) is 41.4 Å². The number of fused-ring (bicyclic) bond motifs is 2. The molecule has 7 aromatic carbocycles. The van der Waals surface area contributed by atoms with Crippen LogP contribution in [-0.4, -0.2) is 121 Å². The number of aromatic hydroxyl groups is 2. The van der Waals surface area contributed by atoms with Gasteiger partial charge in [-0.2, -0.15) is 57.0 Å². The second kappa shape index (κ2) is 26.0. The van der Waals surface area contributed by atoms with Crippen LogP contribution < -0.4 is 32.7 Å². The number of carbonyl (C=O) groups is 4. The fraction of sp³-hybridized carbons (Fsp3) is 0. The Kier molecular flexibility index (Phi) is 18.3. The van der Waals surface area contributed by atoms with Crippen molar-refractivity contribution in [1.29, 1.82) is 0 Å². The van der Waals surface area contributed by atoms with Crippen LogP contribution >= 0.6 is 24.1 Å². The third kappa shape index (κ3) is 14.8. The van der Waals surface area contributed by atoms with Crippen molar-refractivity contribution < 1.29 is 105 Å². The van der Waals surface area contributed by atoms with Gasteiger partial charge in [-0.3, -0.25) is 9.11 Å². The lowest BCUT2D eigenvalue weighted by Crippen LogP contribution is -2.08. The molecule has 0 fully saturated rings. The van der Waals surface area contributed by atoms with Crippen LogP contribution in [0.3, 0.4) is 0 Å². The second-order valence-corrected chi connectivity index (χ2v) is 21.9. The molecule has 2 aromatic heterocycles. The standard InChI is InChI=1S/C48H34N16O22S4/c49-43-55-45(59-47(57-43)53-29-15-27(89(77,78)79)11-17-13-31(87-85-83-75)35(37(65)33(17)29)63-61-25-7-19(39(67)68)5-20(8-25)40(69)70)51-23-1-2-24(4-3-23)52-46-56-44(50)58-48(60-46)54-30-16-28(90(80,81)82)12-18-14-32(88-86-84-76)36(38(66)34(18)30)64-62-26-9-21(41(71)72)6-22(10-26)42(73)74/h1-16,65-66,75-76H,(H,67,68)(H,69,70)(H,71,72)(H,73,74)(H,77,78,79)(H,80,81,82)(H4,49,51,53,55,57,59)(H4,50,52,54,56,58,60). The second-order valence-electron chi connectivity index (χ2n) is 17.6. The van der Waals surface area contributed by atoms with Crippen LogP contribution in [0.2, 0.25) is 0 Å². The monoisotopic (exact) mass is 1310 g/mol. The van der Waals surface area contributed by atoms with Crippen molar-refractivity contribution in [3.8, 4) is 11.5 Å². The molecule has 0 saturated heterocycles. The van der Waals surface area contributed by atoms with E-state index in [1.807, 2.05) is 0 Å². The number of aromatic carboxylic acids is 4. The van der Waals surface area contributed by atoms with Crippen molar-refractivity contribution in [2.24, 2.45) is 20.5 Å². The van der Waals surface area contributed by atoms with Gasteiger partial charge in [0.15, 0.2) is 11.5 Å². The quantitative estimate of drug-likeness (QED) is 0.00882. The summed E-state index contributed by atoms with van der Waals surface area (Å²) in [5, 5.41) is 113. The molecule has 0 radical (unpaired) electrons. The fourth-order valence-corrected chi connectivity index (χ4v) is 10.1. The molecule has 0 spiro atoms. The van der Waals surface area contributed by atoms with E-state index in [1.165, 1.54) is 24.3 Å². The van der Waals surface area contributed by atoms with Gasteiger partial charge in [-0.25, -0.2) is 29.7 Å². The van der Waals surface area contributed by atoms with Gasteiger partial charge in [0.2, 0.25) is 35.7 Å². The number of hydrogen-bond donors (Lipinski definition) is 16. The number of phenolic OH excluding ortho intramolecular Hbond substituents is 2. The minimum atomic E-state index is -5.01. The summed E-state index contributed by atoms with van der Waals surface area (Å²) in [6, 6.07) is 17.4. The summed E-state index contributed by atoms with van der Waals surface area (Å²) in [5.41, 5.74) is 8.41. The van der Waals surface area contributed by atoms with Crippen molar-refractivity contribution in [2.75, 3.05) is 32.7 Å². The highest BCUT2D eigenvalue weighted by Gasteiger charge is 2.26. The van der Waals surface area contributed by atoms with Crippen molar-refractivity contribution in [1.82, 2.24) is 29.9 Å². The molecule has 90 heavy (non-hydrogen) atoms. The van der Waals surface area contributed by atoms with E-state index < -0.39 is 123 Å². The van der Waals surface area contributed by atoms with Gasteiger partial charge in [-0.1, -0.05) is 10.1 Å². The number of anilines is 10. The zero-order valence-corrected chi connectivity index (χ0v) is 47.1. The lowest BCUT2D eigenvalue weighted by Gasteiger charge is -2.15. The normalized spacial score (nSPS) is 11.8. The van der Waals surface area contributed by atoms with Crippen LogP contribution in [0, 0.1) is 0 Å². The lowest BCUT2D eigenvalue weighted by atomic mass is 10.1. The van der Waals surface area contributed by atoms with Crippen LogP contribution in [0.15, 0.2) is 137 Å². The van der Waals surface area contributed by atoms with E-state index in [1.54, 1.807) is 0 Å². The lowest BCUT2D eigenvalue weighted by molar-refractivity contribution is -0.432. The number of nitrogen functional groups attached to an aromatic ring is 2. The average Bonchev–Trinajstić information content (AvgIpc) is 0.771. The Morgan fingerprint density at radius 1 is 0.456 bits per heavy atom. The molecule has 2 heterocycles. The van der Waals surface area contributed by atoms with Gasteiger partial charge >= 0.3 is 23.9 Å². The van der Waals surface area contributed by atoms with E-state index in [9.17, 15) is 75.8 Å². The van der Waals surface area contributed by atoms with Gasteiger partial charge in [0.05, 0.1) is 88.7 Å². The number of hydrogen-bond acceptors (Lipinski definition) is 34. The highest BCUT2D eigenvalue weighted by atomic mass is 32.2. The number of benzene rings is 7. The Bertz CT molecular complexity index is 4390. The SMILES string of the molecule is Nc1nc(Nc2ccc(Nc3nc(N)nc(Nc4cc(S(=O)(=O)O)cc5cc(SOOO)c(N=Nc6cc(C(=O)O)cc(C(=O)O)c6)c(O)c45)n3)cc2)nc(Nc2cc(S(=O)(=O)O)cc3cc(SOOO)c(N=Nc4cc(C(=O)O)cc(C(=O)O)c4)c(O)c23)n1. The minimum Gasteiger partial charge on any atom is -0.505 e. The van der Waals surface area contributed by atoms with Crippen LogP contribution in [-0.2, 0) is 39.0 Å². The molecule has 0 aliphatic rings. The van der Waals surface area contributed by atoms with Crippen molar-refractivity contribution in [3.05, 3.63) is 119 Å². The summed E-state index contributed by atoms with van der Waals surface area (Å²) in [5.74, 6) is -9.78. The van der Waals surface area contributed by atoms with Crippen LogP contribution in [0.4, 0.5) is 81.2 Å². The Hall–Kier alpha value is -11.2. The fourth-order valence-electron chi connectivity index (χ4n) is 8.03. The first-order valence-electron chi connectivity index (χ1n) is 23.8. The molecule has 38 nitrogen and oxygen atoms in total. The average molecular weight is 1320 g/mol. The summed E-state index contributed by atoms with van der Waals surface area (Å²) in [4.78, 5) is 69.8. The molecule has 0 saturated carbocycles. The molecule has 0 aliphatic carbocycles. The molecule has 9 rings (SSSR count). The number of carboxylic acids is 4. The topological polar surface area (TPSA) is 603 Å². The maximum absolute atomic E-state index is 12.6. The third-order valence-corrected chi connectivity index (χ3v) is 14.6. The van der Waals surface area contributed by atoms with Gasteiger partial charge in [-0.05, 0) is 108 Å². The van der Waals surface area contributed by atoms with Gasteiger partial charge in [0.25, 0.3) is 20.2 Å². The van der Waals surface area contributed by atoms with Gasteiger partial charge in [0.1, 0.15) is 11.4 Å². The summed E-state index contributed by atoms with van der Waals surface area (Å²) < 4.78 is 79.5. The number of phenols is 2. The predicted molar refractivity (Wildman–Crippen MR) is 309 cm³/mol. The van der Waals surface area contributed by atoms with E-state index in [0.717, 1.165) is 72.8 Å². The third-order valence-electron chi connectivity index (χ3n) is 11.7. The Labute approximate surface area is 507 Å². The summed E-state index contributed by atoms with van der Waals surface area (Å²) >= 11 is 0.429. The van der Waals surface area contributed by atoms with Crippen molar-refractivity contribution >= 4 is 171 Å². The molecule has 462 valence electrons. The number of azo groups is 2. The number of nitrogens with two attached hydrogens (primary N) is 2. The van der Waals surface area contributed by atoms with E-state index in [0.29, 0.717) is 0 Å². The predicted octanol–water partition coefficient (Wildman–Crippen LogP) is 8.89. The molecule has 42 heteroatoms. The largest absolute Gasteiger partial charge is 0.505 e. The molecule has 0 unspecified atom stereocenters. The van der Waals surface area contributed by atoms with Crippen molar-refractivity contribution in [3.63, 3.8) is 0 Å². The van der Waals surface area contributed by atoms with Gasteiger partial charge in [0, 0.05) is 22.1 Å². The van der Waals surface area contributed by atoms with E-state index in [2.05, 4.69) is 90.4 Å². The Morgan fingerprint density at radius 3 is 1.08 bits per heavy atom. The molecule has 18 N–H and O–H groups in total. The van der Waals surface area contributed by atoms with Gasteiger partial charge < -0.3 is 63.4 Å². The molecular formula is C48H34N16O22S4. The highest BCUT2D eigenvalue weighted by molar-refractivity contribution is 7.95. The maximum Gasteiger partial charge on any atom is 0.335 e. The first kappa shape index (κ1) is 63.3. The minimum absolute atomic E-state index is 0.159. The molecule has 0 amide bonds.